The SMILES string of the molecule is Cc1ccccc1-c1cc(-c2ccc(Cl)c(Cl)c2)nc(N)c1C#N. The van der Waals surface area contributed by atoms with Crippen molar-refractivity contribution in [3.8, 4) is 28.5 Å². The number of rotatable bonds is 2. The molecule has 3 aromatic rings. The molecule has 1 aromatic heterocycles. The van der Waals surface area contributed by atoms with E-state index in [2.05, 4.69) is 11.1 Å². The molecule has 1 heterocycles. The van der Waals surface area contributed by atoms with Crippen molar-refractivity contribution in [1.29, 1.82) is 5.26 Å². The van der Waals surface area contributed by atoms with Gasteiger partial charge in [-0.3, -0.25) is 0 Å². The van der Waals surface area contributed by atoms with Gasteiger partial charge in [-0.15, -0.1) is 0 Å². The van der Waals surface area contributed by atoms with Crippen LogP contribution >= 0.6 is 23.2 Å². The lowest BCUT2D eigenvalue weighted by Gasteiger charge is -2.12. The Morgan fingerprint density at radius 2 is 1.75 bits per heavy atom. The first-order valence-corrected chi connectivity index (χ1v) is 7.99. The number of nitrogens with zero attached hydrogens (tertiary/aromatic N) is 2. The van der Waals surface area contributed by atoms with Crippen LogP contribution in [0.3, 0.4) is 0 Å². The van der Waals surface area contributed by atoms with Gasteiger partial charge in [0.15, 0.2) is 0 Å². The molecule has 0 radical (unpaired) electrons. The van der Waals surface area contributed by atoms with Crippen molar-refractivity contribution in [2.75, 3.05) is 5.73 Å². The first kappa shape index (κ1) is 16.3. The van der Waals surface area contributed by atoms with E-state index in [-0.39, 0.29) is 5.82 Å². The van der Waals surface area contributed by atoms with Crippen LogP contribution in [0.5, 0.6) is 0 Å². The van der Waals surface area contributed by atoms with Crippen molar-refractivity contribution in [2.45, 2.75) is 6.92 Å². The Kier molecular flexibility index (Phi) is 4.44. The maximum atomic E-state index is 9.48. The van der Waals surface area contributed by atoms with E-state index in [1.165, 1.54) is 0 Å². The smallest absolute Gasteiger partial charge is 0.142 e. The molecule has 0 aliphatic carbocycles. The van der Waals surface area contributed by atoms with Gasteiger partial charge in [0.25, 0.3) is 0 Å². The summed E-state index contributed by atoms with van der Waals surface area (Å²) in [7, 11) is 0. The van der Waals surface area contributed by atoms with Gasteiger partial charge in [-0.1, -0.05) is 53.5 Å². The average Bonchev–Trinajstić information content (AvgIpc) is 2.57. The number of aryl methyl sites for hydroxylation is 1. The number of hydrogen-bond acceptors (Lipinski definition) is 3. The molecule has 0 saturated carbocycles. The lowest BCUT2D eigenvalue weighted by atomic mass is 9.95. The Hall–Kier alpha value is -2.54. The number of nitrogen functional groups attached to an aromatic ring is 1. The second kappa shape index (κ2) is 6.52. The van der Waals surface area contributed by atoms with Gasteiger partial charge in [-0.25, -0.2) is 4.98 Å². The highest BCUT2D eigenvalue weighted by molar-refractivity contribution is 6.42. The highest BCUT2D eigenvalue weighted by atomic mass is 35.5. The van der Waals surface area contributed by atoms with Crippen LogP contribution in [0.1, 0.15) is 11.1 Å². The number of benzene rings is 2. The summed E-state index contributed by atoms with van der Waals surface area (Å²) in [4.78, 5) is 4.35. The fraction of sp³-hybridized carbons (Fsp3) is 0.0526. The maximum absolute atomic E-state index is 9.48. The molecule has 2 N–H and O–H groups in total. The van der Waals surface area contributed by atoms with Crippen LogP contribution in [0, 0.1) is 18.3 Å². The molecule has 3 rings (SSSR count). The number of nitriles is 1. The number of halogens is 2. The van der Waals surface area contributed by atoms with Crippen LogP contribution in [0.4, 0.5) is 5.82 Å². The van der Waals surface area contributed by atoms with E-state index < -0.39 is 0 Å². The summed E-state index contributed by atoms with van der Waals surface area (Å²) in [6, 6.07) is 17.1. The third-order valence-corrected chi connectivity index (χ3v) is 4.55. The van der Waals surface area contributed by atoms with E-state index in [1.54, 1.807) is 12.1 Å². The lowest BCUT2D eigenvalue weighted by Crippen LogP contribution is -2.00. The number of hydrogen-bond donors (Lipinski definition) is 1. The molecule has 118 valence electrons. The summed E-state index contributed by atoms with van der Waals surface area (Å²) in [5.74, 6) is 0.194. The predicted octanol–water partition coefficient (Wildman–Crippen LogP) is 5.48. The van der Waals surface area contributed by atoms with Crippen molar-refractivity contribution in [2.24, 2.45) is 0 Å². The standard InChI is InChI=1S/C19H13Cl2N3/c1-11-4-2-3-5-13(11)14-9-18(24-19(23)15(14)10-22)12-6-7-16(20)17(21)8-12/h2-9H,1H3,(H2,23,24). The second-order valence-corrected chi connectivity index (χ2v) is 6.19. The minimum Gasteiger partial charge on any atom is -0.383 e. The maximum Gasteiger partial charge on any atom is 0.142 e. The van der Waals surface area contributed by atoms with E-state index in [1.807, 2.05) is 43.3 Å². The first-order chi connectivity index (χ1) is 11.5. The van der Waals surface area contributed by atoms with Crippen LogP contribution < -0.4 is 5.73 Å². The first-order valence-electron chi connectivity index (χ1n) is 7.23. The Balaban J connectivity index is 2.26. The molecular formula is C19H13Cl2N3. The monoisotopic (exact) mass is 353 g/mol. The van der Waals surface area contributed by atoms with Crippen LogP contribution in [-0.2, 0) is 0 Å². The number of pyridine rings is 1. The van der Waals surface area contributed by atoms with Crippen LogP contribution in [0.15, 0.2) is 48.5 Å². The zero-order chi connectivity index (χ0) is 17.3. The third-order valence-electron chi connectivity index (χ3n) is 3.81. The zero-order valence-electron chi connectivity index (χ0n) is 12.8. The van der Waals surface area contributed by atoms with E-state index in [0.29, 0.717) is 21.3 Å². The van der Waals surface area contributed by atoms with E-state index in [4.69, 9.17) is 28.9 Å². The number of anilines is 1. The molecule has 0 saturated heterocycles. The minimum atomic E-state index is 0.194. The molecule has 0 fully saturated rings. The predicted molar refractivity (Wildman–Crippen MR) is 99.0 cm³/mol. The summed E-state index contributed by atoms with van der Waals surface area (Å²) in [5, 5.41) is 10.4. The molecule has 2 aromatic carbocycles. The fourth-order valence-corrected chi connectivity index (χ4v) is 2.87. The summed E-state index contributed by atoms with van der Waals surface area (Å²) in [6.45, 7) is 1.99. The second-order valence-electron chi connectivity index (χ2n) is 5.37. The topological polar surface area (TPSA) is 62.7 Å². The molecule has 0 spiro atoms. The van der Waals surface area contributed by atoms with Gasteiger partial charge in [-0.2, -0.15) is 5.26 Å². The Morgan fingerprint density at radius 1 is 1.00 bits per heavy atom. The average molecular weight is 354 g/mol. The third kappa shape index (κ3) is 2.94. The van der Waals surface area contributed by atoms with Gasteiger partial charge in [0.1, 0.15) is 17.5 Å². The summed E-state index contributed by atoms with van der Waals surface area (Å²) >= 11 is 12.1. The van der Waals surface area contributed by atoms with Gasteiger partial charge in [0.05, 0.1) is 15.7 Å². The molecule has 0 amide bonds. The molecule has 0 aliphatic rings. The van der Waals surface area contributed by atoms with Crippen molar-refractivity contribution in [1.82, 2.24) is 4.98 Å². The van der Waals surface area contributed by atoms with E-state index in [0.717, 1.165) is 22.3 Å². The molecular weight excluding hydrogens is 341 g/mol. The minimum absolute atomic E-state index is 0.194. The zero-order valence-corrected chi connectivity index (χ0v) is 14.4. The van der Waals surface area contributed by atoms with Crippen molar-refractivity contribution in [3.05, 3.63) is 69.7 Å². The number of aromatic nitrogens is 1. The molecule has 0 aliphatic heterocycles. The van der Waals surface area contributed by atoms with Crippen LogP contribution in [0.25, 0.3) is 22.4 Å². The summed E-state index contributed by atoms with van der Waals surface area (Å²) < 4.78 is 0. The largest absolute Gasteiger partial charge is 0.383 e. The van der Waals surface area contributed by atoms with Crippen molar-refractivity contribution < 1.29 is 0 Å². The quantitative estimate of drug-likeness (QED) is 0.662. The molecule has 5 heteroatoms. The van der Waals surface area contributed by atoms with Crippen molar-refractivity contribution in [3.63, 3.8) is 0 Å². The fourth-order valence-electron chi connectivity index (χ4n) is 2.57. The van der Waals surface area contributed by atoms with Crippen molar-refractivity contribution >= 4 is 29.0 Å². The molecule has 24 heavy (non-hydrogen) atoms. The van der Waals surface area contributed by atoms with Crippen LogP contribution in [-0.4, -0.2) is 4.98 Å². The summed E-state index contributed by atoms with van der Waals surface area (Å²) in [5.41, 5.74) is 10.6. The normalized spacial score (nSPS) is 10.4. The van der Waals surface area contributed by atoms with Gasteiger partial charge in [0, 0.05) is 11.1 Å². The molecule has 3 nitrogen and oxygen atoms in total. The van der Waals surface area contributed by atoms with E-state index >= 15 is 0 Å². The lowest BCUT2D eigenvalue weighted by molar-refractivity contribution is 1.30. The summed E-state index contributed by atoms with van der Waals surface area (Å²) in [6.07, 6.45) is 0. The Morgan fingerprint density at radius 3 is 2.42 bits per heavy atom. The van der Waals surface area contributed by atoms with Gasteiger partial charge in [-0.05, 0) is 36.2 Å². The van der Waals surface area contributed by atoms with Gasteiger partial charge in [0.2, 0.25) is 0 Å². The highest BCUT2D eigenvalue weighted by Gasteiger charge is 2.15. The Labute approximate surface area is 150 Å². The highest BCUT2D eigenvalue weighted by Crippen LogP contribution is 2.34. The van der Waals surface area contributed by atoms with E-state index in [9.17, 15) is 5.26 Å². The molecule has 0 bridgehead atoms. The Bertz CT molecular complexity index is 975. The molecule has 0 unspecified atom stereocenters. The number of nitrogens with two attached hydrogens (primary N) is 1. The van der Waals surface area contributed by atoms with Gasteiger partial charge >= 0.3 is 0 Å². The van der Waals surface area contributed by atoms with Gasteiger partial charge < -0.3 is 5.73 Å². The van der Waals surface area contributed by atoms with Crippen LogP contribution in [0.2, 0.25) is 10.0 Å². The molecule has 0 atom stereocenters.